The Balaban J connectivity index is 1.56. The highest BCUT2D eigenvalue weighted by atomic mass is 16.2. The van der Waals surface area contributed by atoms with E-state index in [0.29, 0.717) is 6.42 Å². The summed E-state index contributed by atoms with van der Waals surface area (Å²) in [6, 6.07) is 7.32. The maximum atomic E-state index is 11.5. The highest BCUT2D eigenvalue weighted by Gasteiger charge is 2.03. The summed E-state index contributed by atoms with van der Waals surface area (Å²) in [6.45, 7) is 0. The second-order valence-electron chi connectivity index (χ2n) is 4.69. The molecule has 2 amide bonds. The molecule has 2 heterocycles. The van der Waals surface area contributed by atoms with Crippen molar-refractivity contribution in [2.75, 3.05) is 0 Å². The van der Waals surface area contributed by atoms with Crippen LogP contribution >= 0.6 is 0 Å². The largest absolute Gasteiger partial charge is 0.360 e. The molecule has 0 bridgehead atoms. The SMILES string of the molecule is O=C(CCCC(=O)NN=Cc1ccc[nH]1)NN=Cc1ccc[nH]1. The van der Waals surface area contributed by atoms with E-state index >= 15 is 0 Å². The predicted octanol–water partition coefficient (Wildman–Crippen LogP) is 1.11. The number of nitrogens with one attached hydrogen (secondary N) is 4. The van der Waals surface area contributed by atoms with Gasteiger partial charge in [0.05, 0.1) is 23.8 Å². The fourth-order valence-corrected chi connectivity index (χ4v) is 1.72. The van der Waals surface area contributed by atoms with Crippen molar-refractivity contribution in [3.8, 4) is 0 Å². The highest BCUT2D eigenvalue weighted by molar-refractivity contribution is 5.82. The average molecular weight is 314 g/mol. The lowest BCUT2D eigenvalue weighted by Crippen LogP contribution is -2.20. The van der Waals surface area contributed by atoms with E-state index in [2.05, 4.69) is 31.0 Å². The van der Waals surface area contributed by atoms with Gasteiger partial charge in [0.1, 0.15) is 0 Å². The Morgan fingerprint density at radius 1 is 0.913 bits per heavy atom. The predicted molar refractivity (Wildman–Crippen MR) is 86.9 cm³/mol. The minimum atomic E-state index is -0.240. The smallest absolute Gasteiger partial charge is 0.240 e. The summed E-state index contributed by atoms with van der Waals surface area (Å²) in [7, 11) is 0. The van der Waals surface area contributed by atoms with E-state index in [1.54, 1.807) is 12.4 Å². The normalized spacial score (nSPS) is 11.1. The third kappa shape index (κ3) is 6.42. The van der Waals surface area contributed by atoms with Crippen molar-refractivity contribution in [2.24, 2.45) is 10.2 Å². The van der Waals surface area contributed by atoms with E-state index in [1.807, 2.05) is 24.3 Å². The van der Waals surface area contributed by atoms with Crippen molar-refractivity contribution in [3.63, 3.8) is 0 Å². The molecule has 0 aromatic carbocycles. The number of carbonyl (C=O) groups is 2. The zero-order chi connectivity index (χ0) is 16.3. The van der Waals surface area contributed by atoms with Crippen LogP contribution in [0.1, 0.15) is 30.7 Å². The Hall–Kier alpha value is -3.16. The zero-order valence-electron chi connectivity index (χ0n) is 12.5. The first-order chi connectivity index (χ1) is 11.2. The average Bonchev–Trinajstić information content (AvgIpc) is 3.20. The lowest BCUT2D eigenvalue weighted by molar-refractivity contribution is -0.122. The molecule has 0 atom stereocenters. The van der Waals surface area contributed by atoms with Crippen LogP contribution in [0.5, 0.6) is 0 Å². The van der Waals surface area contributed by atoms with Crippen LogP contribution in [0.4, 0.5) is 0 Å². The van der Waals surface area contributed by atoms with Gasteiger partial charge in [-0.15, -0.1) is 0 Å². The summed E-state index contributed by atoms with van der Waals surface area (Å²) in [4.78, 5) is 28.9. The van der Waals surface area contributed by atoms with Gasteiger partial charge in [-0.2, -0.15) is 10.2 Å². The highest BCUT2D eigenvalue weighted by Crippen LogP contribution is 1.96. The van der Waals surface area contributed by atoms with Gasteiger partial charge in [0.25, 0.3) is 0 Å². The summed E-state index contributed by atoms with van der Waals surface area (Å²) in [5.41, 5.74) is 6.39. The number of hydrogen-bond acceptors (Lipinski definition) is 4. The number of aromatic amines is 2. The third-order valence-corrected chi connectivity index (χ3v) is 2.84. The van der Waals surface area contributed by atoms with Crippen molar-refractivity contribution < 1.29 is 9.59 Å². The molecule has 0 unspecified atom stereocenters. The van der Waals surface area contributed by atoms with Crippen LogP contribution < -0.4 is 10.9 Å². The standard InChI is InChI=1S/C15H18N6O2/c22-14(20-18-10-12-4-2-8-16-12)6-1-7-15(23)21-19-11-13-5-3-9-17-13/h2-5,8-11,16-17H,1,6-7H2,(H,20,22)(H,21,23). The van der Waals surface area contributed by atoms with Crippen molar-refractivity contribution in [1.29, 1.82) is 0 Å². The molecule has 0 saturated carbocycles. The lowest BCUT2D eigenvalue weighted by Gasteiger charge is -2.00. The maximum Gasteiger partial charge on any atom is 0.240 e. The van der Waals surface area contributed by atoms with Crippen LogP contribution in [-0.2, 0) is 9.59 Å². The topological polar surface area (TPSA) is 114 Å². The van der Waals surface area contributed by atoms with Crippen LogP contribution in [0.3, 0.4) is 0 Å². The molecule has 0 fully saturated rings. The molecule has 0 aliphatic heterocycles. The third-order valence-electron chi connectivity index (χ3n) is 2.84. The molecule has 0 aliphatic rings. The van der Waals surface area contributed by atoms with Crippen molar-refractivity contribution in [3.05, 3.63) is 48.0 Å². The van der Waals surface area contributed by atoms with Crippen LogP contribution in [-0.4, -0.2) is 34.2 Å². The summed E-state index contributed by atoms with van der Waals surface area (Å²) in [5, 5.41) is 7.61. The number of nitrogens with zero attached hydrogens (tertiary/aromatic N) is 2. The summed E-state index contributed by atoms with van der Waals surface area (Å²) < 4.78 is 0. The Kier molecular flexibility index (Phi) is 6.33. The van der Waals surface area contributed by atoms with Gasteiger partial charge in [-0.3, -0.25) is 9.59 Å². The Morgan fingerprint density at radius 2 is 1.39 bits per heavy atom. The number of hydrazone groups is 2. The van der Waals surface area contributed by atoms with E-state index in [1.165, 1.54) is 12.4 Å². The maximum absolute atomic E-state index is 11.5. The Labute approximate surface area is 133 Å². The fraction of sp³-hybridized carbons (Fsp3) is 0.200. The molecule has 120 valence electrons. The number of rotatable bonds is 8. The molecule has 8 nitrogen and oxygen atoms in total. The van der Waals surface area contributed by atoms with Gasteiger partial charge < -0.3 is 9.97 Å². The second-order valence-corrected chi connectivity index (χ2v) is 4.69. The number of aromatic nitrogens is 2. The van der Waals surface area contributed by atoms with Gasteiger partial charge in [-0.1, -0.05) is 0 Å². The van der Waals surface area contributed by atoms with Gasteiger partial charge in [-0.05, 0) is 30.7 Å². The minimum absolute atomic E-state index is 0.218. The molecule has 2 rings (SSSR count). The molecule has 8 heteroatoms. The quantitative estimate of drug-likeness (QED) is 0.432. The Morgan fingerprint density at radius 3 is 1.78 bits per heavy atom. The first kappa shape index (κ1) is 16.2. The molecule has 4 N–H and O–H groups in total. The molecule has 0 spiro atoms. The number of carbonyl (C=O) groups excluding carboxylic acids is 2. The van der Waals surface area contributed by atoms with E-state index < -0.39 is 0 Å². The molecule has 2 aromatic rings. The number of hydrogen-bond donors (Lipinski definition) is 4. The fourth-order valence-electron chi connectivity index (χ4n) is 1.72. The molecule has 0 aliphatic carbocycles. The van der Waals surface area contributed by atoms with Crippen LogP contribution in [0.25, 0.3) is 0 Å². The van der Waals surface area contributed by atoms with Gasteiger partial charge in [0.2, 0.25) is 11.8 Å². The van der Waals surface area contributed by atoms with E-state index in [0.717, 1.165) is 11.4 Å². The van der Waals surface area contributed by atoms with Crippen molar-refractivity contribution in [2.45, 2.75) is 19.3 Å². The first-order valence-electron chi connectivity index (χ1n) is 7.14. The molecule has 0 saturated heterocycles. The number of H-pyrrole nitrogens is 2. The van der Waals surface area contributed by atoms with Gasteiger partial charge in [-0.25, -0.2) is 10.9 Å². The lowest BCUT2D eigenvalue weighted by atomic mass is 10.2. The molecule has 0 radical (unpaired) electrons. The Bertz CT molecular complexity index is 600. The molecule has 23 heavy (non-hydrogen) atoms. The van der Waals surface area contributed by atoms with Crippen molar-refractivity contribution >= 4 is 24.2 Å². The molecule has 2 aromatic heterocycles. The van der Waals surface area contributed by atoms with Crippen LogP contribution in [0.15, 0.2) is 46.9 Å². The monoisotopic (exact) mass is 314 g/mol. The second kappa shape index (κ2) is 8.98. The molecular weight excluding hydrogens is 296 g/mol. The summed E-state index contributed by atoms with van der Waals surface area (Å²) in [5.74, 6) is -0.481. The van der Waals surface area contributed by atoms with E-state index in [9.17, 15) is 9.59 Å². The minimum Gasteiger partial charge on any atom is -0.360 e. The van der Waals surface area contributed by atoms with E-state index in [4.69, 9.17) is 0 Å². The first-order valence-corrected chi connectivity index (χ1v) is 7.14. The van der Waals surface area contributed by atoms with E-state index in [-0.39, 0.29) is 24.7 Å². The van der Waals surface area contributed by atoms with Crippen LogP contribution in [0, 0.1) is 0 Å². The molecular formula is C15H18N6O2. The van der Waals surface area contributed by atoms with Crippen LogP contribution in [0.2, 0.25) is 0 Å². The zero-order valence-corrected chi connectivity index (χ0v) is 12.5. The van der Waals surface area contributed by atoms with Gasteiger partial charge in [0, 0.05) is 25.2 Å². The number of amides is 2. The van der Waals surface area contributed by atoms with Gasteiger partial charge >= 0.3 is 0 Å². The van der Waals surface area contributed by atoms with Crippen molar-refractivity contribution in [1.82, 2.24) is 20.8 Å². The van der Waals surface area contributed by atoms with Gasteiger partial charge in [0.15, 0.2) is 0 Å². The summed E-state index contributed by atoms with van der Waals surface area (Å²) >= 11 is 0. The summed E-state index contributed by atoms with van der Waals surface area (Å²) in [6.07, 6.45) is 7.42.